The molecule has 0 radical (unpaired) electrons. The minimum atomic E-state index is -4.21. The number of anilines is 2. The van der Waals surface area contributed by atoms with Gasteiger partial charge in [0.25, 0.3) is 15.7 Å². The molecule has 0 aliphatic carbocycles. The molecule has 33 heavy (non-hydrogen) atoms. The molecule has 0 saturated carbocycles. The van der Waals surface area contributed by atoms with Crippen LogP contribution in [0.15, 0.2) is 67.5 Å². The molecule has 9 nitrogen and oxygen atoms in total. The Hall–Kier alpha value is -2.96. The van der Waals surface area contributed by atoms with Gasteiger partial charge in [0.05, 0.1) is 27.0 Å². The van der Waals surface area contributed by atoms with Crippen LogP contribution in [0.4, 0.5) is 17.1 Å². The lowest BCUT2D eigenvalue weighted by molar-refractivity contribution is -0.385. The van der Waals surface area contributed by atoms with Crippen molar-refractivity contribution < 1.29 is 18.4 Å². The maximum Gasteiger partial charge on any atom is 0.270 e. The van der Waals surface area contributed by atoms with Crippen LogP contribution in [0.2, 0.25) is 0 Å². The zero-order chi connectivity index (χ0) is 24.3. The van der Waals surface area contributed by atoms with E-state index >= 15 is 0 Å². The van der Waals surface area contributed by atoms with Crippen LogP contribution in [0.1, 0.15) is 16.7 Å². The lowest BCUT2D eigenvalue weighted by atomic mass is 10.1. The Bertz CT molecular complexity index is 1380. The van der Waals surface area contributed by atoms with Crippen LogP contribution in [-0.4, -0.2) is 24.7 Å². The Morgan fingerprint density at radius 1 is 1.06 bits per heavy atom. The summed E-state index contributed by atoms with van der Waals surface area (Å²) >= 11 is 6.53. The smallest absolute Gasteiger partial charge is 0.270 e. The summed E-state index contributed by atoms with van der Waals surface area (Å²) in [5.74, 6) is -0.0585. The normalized spacial score (nSPS) is 11.5. The molecule has 0 aliphatic heterocycles. The van der Waals surface area contributed by atoms with E-state index < -0.39 is 14.9 Å². The number of sulfonamides is 1. The SMILES string of the molecule is Cc1ccc(NS(=O)(=O)c2cc([N+](=O)[O-])ccc2N/N=C\c2cc(Br)cc(Br)c2O)c(C)c1. The third-order valence-electron chi connectivity index (χ3n) is 4.54. The number of nitro benzene ring substituents is 1. The highest BCUT2D eigenvalue weighted by Gasteiger charge is 2.23. The molecule has 0 atom stereocenters. The number of phenolic OH excluding ortho intramolecular Hbond substituents is 1. The number of hydrogen-bond acceptors (Lipinski definition) is 7. The van der Waals surface area contributed by atoms with Crippen LogP contribution < -0.4 is 10.1 Å². The topological polar surface area (TPSA) is 134 Å². The molecule has 3 N–H and O–H groups in total. The van der Waals surface area contributed by atoms with E-state index in [9.17, 15) is 23.6 Å². The molecule has 0 spiro atoms. The number of phenols is 1. The first-order valence-corrected chi connectivity index (χ1v) is 12.4. The van der Waals surface area contributed by atoms with Gasteiger partial charge in [0.2, 0.25) is 0 Å². The predicted molar refractivity (Wildman–Crippen MR) is 135 cm³/mol. The van der Waals surface area contributed by atoms with E-state index in [1.807, 2.05) is 13.0 Å². The highest BCUT2D eigenvalue weighted by molar-refractivity contribution is 9.11. The van der Waals surface area contributed by atoms with Crippen LogP contribution in [-0.2, 0) is 10.0 Å². The lowest BCUT2D eigenvalue weighted by Gasteiger charge is -2.14. The van der Waals surface area contributed by atoms with Crippen LogP contribution in [0.25, 0.3) is 0 Å². The van der Waals surface area contributed by atoms with Gasteiger partial charge in [0.1, 0.15) is 10.6 Å². The minimum Gasteiger partial charge on any atom is -0.506 e. The number of non-ortho nitro benzene ring substituents is 1. The number of benzene rings is 3. The van der Waals surface area contributed by atoms with Crippen molar-refractivity contribution in [1.82, 2.24) is 0 Å². The molecular weight excluding hydrogens is 580 g/mol. The monoisotopic (exact) mass is 596 g/mol. The molecule has 0 amide bonds. The summed E-state index contributed by atoms with van der Waals surface area (Å²) in [7, 11) is -4.21. The third-order valence-corrected chi connectivity index (χ3v) is 7.01. The van der Waals surface area contributed by atoms with Gasteiger partial charge in [0, 0.05) is 22.2 Å². The van der Waals surface area contributed by atoms with Gasteiger partial charge < -0.3 is 5.11 Å². The van der Waals surface area contributed by atoms with E-state index in [1.165, 1.54) is 18.3 Å². The van der Waals surface area contributed by atoms with E-state index in [0.29, 0.717) is 25.8 Å². The molecule has 0 heterocycles. The van der Waals surface area contributed by atoms with E-state index in [1.54, 1.807) is 31.2 Å². The van der Waals surface area contributed by atoms with Crippen LogP contribution in [0.5, 0.6) is 5.75 Å². The summed E-state index contributed by atoms with van der Waals surface area (Å²) in [6.45, 7) is 3.64. The van der Waals surface area contributed by atoms with Crippen LogP contribution in [0.3, 0.4) is 0 Å². The van der Waals surface area contributed by atoms with Gasteiger partial charge >= 0.3 is 0 Å². The molecule has 3 rings (SSSR count). The second kappa shape index (κ2) is 9.89. The van der Waals surface area contributed by atoms with Crippen molar-refractivity contribution in [1.29, 1.82) is 0 Å². The Morgan fingerprint density at radius 3 is 2.42 bits per heavy atom. The Labute approximate surface area is 207 Å². The Morgan fingerprint density at radius 2 is 1.76 bits per heavy atom. The molecule has 0 aromatic heterocycles. The van der Waals surface area contributed by atoms with Gasteiger partial charge in [-0.25, -0.2) is 8.42 Å². The van der Waals surface area contributed by atoms with Gasteiger partial charge in [-0.15, -0.1) is 0 Å². The first-order chi connectivity index (χ1) is 15.5. The standard InChI is InChI=1S/C21H18Br2N4O5S/c1-12-3-5-18(13(2)7-12)26-33(31,32)20-10-16(27(29)30)4-6-19(20)25-24-11-14-8-15(22)9-17(23)21(14)28/h3-11,25-26,28H,1-2H3/b24-11-. The number of aromatic hydroxyl groups is 1. The van der Waals surface area contributed by atoms with E-state index in [4.69, 9.17) is 0 Å². The quantitative estimate of drug-likeness (QED) is 0.182. The summed E-state index contributed by atoms with van der Waals surface area (Å²) in [6, 6.07) is 11.8. The summed E-state index contributed by atoms with van der Waals surface area (Å²) in [5, 5.41) is 25.4. The Balaban J connectivity index is 1.99. The van der Waals surface area contributed by atoms with Gasteiger partial charge in [-0.3, -0.25) is 20.3 Å². The second-order valence-electron chi connectivity index (χ2n) is 7.06. The predicted octanol–water partition coefficient (Wildman–Crippen LogP) is 5.69. The number of halogens is 2. The summed E-state index contributed by atoms with van der Waals surface area (Å²) < 4.78 is 29.9. The lowest BCUT2D eigenvalue weighted by Crippen LogP contribution is -2.16. The second-order valence-corrected chi connectivity index (χ2v) is 10.5. The van der Waals surface area contributed by atoms with Crippen LogP contribution >= 0.6 is 31.9 Å². The molecule has 12 heteroatoms. The highest BCUT2D eigenvalue weighted by atomic mass is 79.9. The summed E-state index contributed by atoms with van der Waals surface area (Å²) in [5.41, 5.74) is 4.59. The molecule has 3 aromatic carbocycles. The fraction of sp³-hybridized carbons (Fsp3) is 0.0952. The zero-order valence-corrected chi connectivity index (χ0v) is 21.3. The van der Waals surface area contributed by atoms with Crippen molar-refractivity contribution in [2.45, 2.75) is 18.7 Å². The Kier molecular flexibility index (Phi) is 7.40. The van der Waals surface area contributed by atoms with Gasteiger partial charge in [-0.05, 0) is 59.6 Å². The maximum absolute atomic E-state index is 13.1. The fourth-order valence-corrected chi connectivity index (χ4v) is 5.49. The maximum atomic E-state index is 13.1. The number of rotatable bonds is 7. The third kappa shape index (κ3) is 5.89. The number of nitrogens with one attached hydrogen (secondary N) is 2. The van der Waals surface area contributed by atoms with Gasteiger partial charge in [-0.2, -0.15) is 5.10 Å². The first kappa shape index (κ1) is 24.7. The van der Waals surface area contributed by atoms with Crippen molar-refractivity contribution >= 4 is 65.2 Å². The first-order valence-electron chi connectivity index (χ1n) is 9.33. The number of nitro groups is 1. The minimum absolute atomic E-state index is 0.0164. The molecule has 0 fully saturated rings. The number of hydrogen-bond donors (Lipinski definition) is 3. The van der Waals surface area contributed by atoms with E-state index in [0.717, 1.165) is 11.6 Å². The summed E-state index contributed by atoms with van der Waals surface area (Å²) in [4.78, 5) is 10.2. The van der Waals surface area contributed by atoms with Gasteiger partial charge in [0.15, 0.2) is 0 Å². The number of nitrogens with zero attached hydrogens (tertiary/aromatic N) is 2. The fourth-order valence-electron chi connectivity index (χ4n) is 2.92. The van der Waals surface area contributed by atoms with Crippen molar-refractivity contribution in [2.24, 2.45) is 5.10 Å². The molecule has 0 aliphatic rings. The average molecular weight is 598 g/mol. The largest absolute Gasteiger partial charge is 0.506 e. The van der Waals surface area contributed by atoms with Gasteiger partial charge in [-0.1, -0.05) is 33.6 Å². The van der Waals surface area contributed by atoms with Crippen molar-refractivity contribution in [3.05, 3.63) is 84.3 Å². The number of hydrazone groups is 1. The van der Waals surface area contributed by atoms with Crippen molar-refractivity contribution in [3.8, 4) is 5.75 Å². The van der Waals surface area contributed by atoms with Crippen molar-refractivity contribution in [2.75, 3.05) is 10.1 Å². The highest BCUT2D eigenvalue weighted by Crippen LogP contribution is 2.32. The molecular formula is C21H18Br2N4O5S. The molecule has 0 bridgehead atoms. The molecule has 172 valence electrons. The molecule has 0 saturated heterocycles. The molecule has 3 aromatic rings. The van der Waals surface area contributed by atoms with Crippen LogP contribution in [0, 0.1) is 24.0 Å². The average Bonchev–Trinajstić information content (AvgIpc) is 2.73. The van der Waals surface area contributed by atoms with E-state index in [2.05, 4.69) is 47.1 Å². The van der Waals surface area contributed by atoms with E-state index in [-0.39, 0.29) is 22.0 Å². The van der Waals surface area contributed by atoms with Crippen molar-refractivity contribution in [3.63, 3.8) is 0 Å². The summed E-state index contributed by atoms with van der Waals surface area (Å²) in [6.07, 6.45) is 1.29. The molecule has 0 unspecified atom stereocenters. The zero-order valence-electron chi connectivity index (χ0n) is 17.3. The number of aryl methyl sites for hydroxylation is 2.